The quantitative estimate of drug-likeness (QED) is 0.262. The highest BCUT2D eigenvalue weighted by molar-refractivity contribution is 5.98. The number of amides is 4. The third kappa shape index (κ3) is 5.99. The summed E-state index contributed by atoms with van der Waals surface area (Å²) in [6.07, 6.45) is 1.66. The number of fused-ring (bicyclic) bond motifs is 1. The van der Waals surface area contributed by atoms with Crippen LogP contribution in [0.25, 0.3) is 0 Å². The van der Waals surface area contributed by atoms with Crippen LogP contribution in [0.2, 0.25) is 0 Å². The molecule has 0 saturated carbocycles. The maximum atomic E-state index is 13.5. The van der Waals surface area contributed by atoms with Crippen LogP contribution in [0.15, 0.2) is 35.3 Å². The van der Waals surface area contributed by atoms with E-state index in [9.17, 15) is 19.2 Å². The molecule has 2 aliphatic heterocycles. The Labute approximate surface area is 192 Å². The summed E-state index contributed by atoms with van der Waals surface area (Å²) in [6.45, 7) is 1.94. The molecular weight excluding hydrogens is 426 g/mol. The number of nitrogens with zero attached hydrogens (tertiary/aromatic N) is 2. The Morgan fingerprint density at radius 1 is 0.970 bits per heavy atom. The maximum Gasteiger partial charge on any atom is 0.246 e. The Kier molecular flexibility index (Phi) is 7.86. The van der Waals surface area contributed by atoms with E-state index in [0.717, 1.165) is 5.56 Å². The summed E-state index contributed by atoms with van der Waals surface area (Å²) in [5.74, 6) is -2.05. The lowest BCUT2D eigenvalue weighted by molar-refractivity contribution is -0.143. The summed E-state index contributed by atoms with van der Waals surface area (Å²) in [6, 6.07) is 5.74. The molecule has 3 rings (SSSR count). The van der Waals surface area contributed by atoms with E-state index >= 15 is 0 Å². The summed E-state index contributed by atoms with van der Waals surface area (Å²) in [7, 11) is 0. The minimum atomic E-state index is -1.08. The maximum absolute atomic E-state index is 13.5. The third-order valence-electron chi connectivity index (χ3n) is 5.87. The Bertz CT molecular complexity index is 917. The normalized spacial score (nSPS) is 26.3. The molecule has 7 N–H and O–H groups in total. The topological polar surface area (TPSA) is 172 Å². The van der Waals surface area contributed by atoms with Crippen molar-refractivity contribution in [2.45, 2.75) is 56.8 Å². The molecule has 11 heteroatoms. The molecular formula is C22H31N7O4. The van der Waals surface area contributed by atoms with Crippen LogP contribution in [0.3, 0.4) is 0 Å². The van der Waals surface area contributed by atoms with Crippen LogP contribution in [0.4, 0.5) is 0 Å². The van der Waals surface area contributed by atoms with Crippen molar-refractivity contribution in [2.75, 3.05) is 13.1 Å². The van der Waals surface area contributed by atoms with Gasteiger partial charge in [0.05, 0.1) is 6.54 Å². The van der Waals surface area contributed by atoms with Crippen molar-refractivity contribution in [2.24, 2.45) is 16.5 Å². The zero-order valence-electron chi connectivity index (χ0n) is 18.6. The van der Waals surface area contributed by atoms with E-state index in [4.69, 9.17) is 11.5 Å². The smallest absolute Gasteiger partial charge is 0.246 e. The van der Waals surface area contributed by atoms with Gasteiger partial charge in [-0.3, -0.25) is 24.2 Å². The number of benzene rings is 1. The van der Waals surface area contributed by atoms with Gasteiger partial charge in [0, 0.05) is 13.0 Å². The summed E-state index contributed by atoms with van der Waals surface area (Å²) >= 11 is 0. The van der Waals surface area contributed by atoms with Gasteiger partial charge in [0.1, 0.15) is 24.2 Å². The van der Waals surface area contributed by atoms with Crippen LogP contribution in [0, 0.1) is 0 Å². The lowest BCUT2D eigenvalue weighted by Crippen LogP contribution is -2.62. The van der Waals surface area contributed by atoms with Crippen molar-refractivity contribution in [1.29, 1.82) is 0 Å². The van der Waals surface area contributed by atoms with E-state index < -0.39 is 41.9 Å². The number of hydrogen-bond donors (Lipinski definition) is 5. The Balaban J connectivity index is 1.93. The molecule has 11 nitrogen and oxygen atoms in total. The molecule has 0 bridgehead atoms. The highest BCUT2D eigenvalue weighted by atomic mass is 16.2. The number of hydrogen-bond acceptors (Lipinski definition) is 5. The van der Waals surface area contributed by atoms with Gasteiger partial charge >= 0.3 is 0 Å². The van der Waals surface area contributed by atoms with E-state index in [1.165, 1.54) is 4.90 Å². The van der Waals surface area contributed by atoms with E-state index in [1.807, 2.05) is 30.3 Å². The molecule has 2 heterocycles. The van der Waals surface area contributed by atoms with Crippen LogP contribution in [-0.2, 0) is 25.6 Å². The SMILES string of the molecule is CC[C@@H]1NC(=O)[C@H](CN=C(N)N)NC(=O)[C@H]2CCCN2C(=O)[C@H](Cc2ccccc2)NC1=O. The first kappa shape index (κ1) is 24.0. The van der Waals surface area contributed by atoms with Gasteiger partial charge in [-0.1, -0.05) is 37.3 Å². The van der Waals surface area contributed by atoms with Crippen LogP contribution in [0.5, 0.6) is 0 Å². The largest absolute Gasteiger partial charge is 0.370 e. The van der Waals surface area contributed by atoms with Crippen LogP contribution in [0.1, 0.15) is 31.7 Å². The molecule has 0 aromatic heterocycles. The standard InChI is InChI=1S/C22H31N7O4/c1-2-14-18(30)27-15(11-13-7-4-3-5-8-13)21(33)29-10-6-9-17(29)20(32)28-16(19(31)26-14)12-25-22(23)24/h3-5,7-8,14-17H,2,6,9-12H2,1H3,(H,26,31)(H,27,30)(H,28,32)(H4,23,24,25)/t14-,15-,16-,17+/m0/s1. The second-order valence-corrected chi connectivity index (χ2v) is 8.24. The first-order valence-electron chi connectivity index (χ1n) is 11.1. The molecule has 1 aromatic carbocycles. The number of guanidine groups is 1. The number of nitrogens with two attached hydrogens (primary N) is 2. The summed E-state index contributed by atoms with van der Waals surface area (Å²) < 4.78 is 0. The average Bonchev–Trinajstić information content (AvgIpc) is 3.29. The molecule has 1 aromatic rings. The first-order valence-corrected chi connectivity index (χ1v) is 11.1. The van der Waals surface area contributed by atoms with Gasteiger partial charge in [-0.2, -0.15) is 0 Å². The van der Waals surface area contributed by atoms with Crippen molar-refractivity contribution in [3.63, 3.8) is 0 Å². The highest BCUT2D eigenvalue weighted by Crippen LogP contribution is 2.20. The van der Waals surface area contributed by atoms with Crippen LogP contribution >= 0.6 is 0 Å². The van der Waals surface area contributed by atoms with Crippen molar-refractivity contribution < 1.29 is 19.2 Å². The summed E-state index contributed by atoms with van der Waals surface area (Å²) in [5, 5.41) is 8.11. The molecule has 178 valence electrons. The van der Waals surface area contributed by atoms with Gasteiger partial charge in [0.15, 0.2) is 5.96 Å². The molecule has 0 radical (unpaired) electrons. The number of rotatable bonds is 5. The average molecular weight is 458 g/mol. The fourth-order valence-corrected chi connectivity index (χ4v) is 4.11. The lowest BCUT2D eigenvalue weighted by Gasteiger charge is -2.32. The first-order chi connectivity index (χ1) is 15.8. The van der Waals surface area contributed by atoms with Gasteiger partial charge in [-0.25, -0.2) is 0 Å². The number of aliphatic imine (C=N–C) groups is 1. The number of carbonyl (C=O) groups excluding carboxylic acids is 4. The van der Waals surface area contributed by atoms with E-state index in [1.54, 1.807) is 6.92 Å². The Morgan fingerprint density at radius 3 is 2.27 bits per heavy atom. The molecule has 4 atom stereocenters. The zero-order valence-corrected chi connectivity index (χ0v) is 18.6. The van der Waals surface area contributed by atoms with E-state index in [2.05, 4.69) is 20.9 Å². The number of nitrogens with one attached hydrogen (secondary N) is 3. The second kappa shape index (κ2) is 10.8. The van der Waals surface area contributed by atoms with Crippen LogP contribution < -0.4 is 27.4 Å². The van der Waals surface area contributed by atoms with Gasteiger partial charge in [-0.05, 0) is 24.8 Å². The van der Waals surface area contributed by atoms with Gasteiger partial charge in [0.25, 0.3) is 0 Å². The van der Waals surface area contributed by atoms with Gasteiger partial charge < -0.3 is 32.3 Å². The predicted octanol–water partition coefficient (Wildman–Crippen LogP) is -1.63. The molecule has 0 aliphatic carbocycles. The lowest BCUT2D eigenvalue weighted by atomic mass is 10.0. The molecule has 2 fully saturated rings. The molecule has 33 heavy (non-hydrogen) atoms. The van der Waals surface area contributed by atoms with Crippen molar-refractivity contribution in [1.82, 2.24) is 20.9 Å². The summed E-state index contributed by atoms with van der Waals surface area (Å²) in [5.41, 5.74) is 11.6. The van der Waals surface area contributed by atoms with Crippen LogP contribution in [-0.4, -0.2) is 71.7 Å². The molecule has 2 aliphatic rings. The van der Waals surface area contributed by atoms with Gasteiger partial charge in [-0.15, -0.1) is 0 Å². The van der Waals surface area contributed by atoms with Gasteiger partial charge in [0.2, 0.25) is 23.6 Å². The highest BCUT2D eigenvalue weighted by Gasteiger charge is 2.40. The second-order valence-electron chi connectivity index (χ2n) is 8.24. The fourth-order valence-electron chi connectivity index (χ4n) is 4.11. The van der Waals surface area contributed by atoms with Crippen molar-refractivity contribution in [3.8, 4) is 0 Å². The van der Waals surface area contributed by atoms with Crippen molar-refractivity contribution in [3.05, 3.63) is 35.9 Å². The predicted molar refractivity (Wildman–Crippen MR) is 122 cm³/mol. The zero-order chi connectivity index (χ0) is 24.0. The Morgan fingerprint density at radius 2 is 1.61 bits per heavy atom. The molecule has 2 saturated heterocycles. The molecule has 4 amide bonds. The molecule has 0 unspecified atom stereocenters. The monoisotopic (exact) mass is 457 g/mol. The minimum absolute atomic E-state index is 0.185. The van der Waals surface area contributed by atoms with E-state index in [0.29, 0.717) is 25.8 Å². The van der Waals surface area contributed by atoms with E-state index in [-0.39, 0.29) is 24.8 Å². The Hall–Kier alpha value is -3.63. The fraction of sp³-hybridized carbons (Fsp3) is 0.500. The summed E-state index contributed by atoms with van der Waals surface area (Å²) in [4.78, 5) is 57.8. The molecule has 0 spiro atoms. The third-order valence-corrected chi connectivity index (χ3v) is 5.87. The minimum Gasteiger partial charge on any atom is -0.370 e. The van der Waals surface area contributed by atoms with Crippen molar-refractivity contribution >= 4 is 29.6 Å². The number of carbonyl (C=O) groups is 4.